The Bertz CT molecular complexity index is 972. The summed E-state index contributed by atoms with van der Waals surface area (Å²) in [5.41, 5.74) is 4.77. The smallest absolute Gasteiger partial charge is 0.202 e. The molecule has 1 heterocycles. The number of imidazole rings is 1. The summed E-state index contributed by atoms with van der Waals surface area (Å²) >= 11 is 6.10. The van der Waals surface area contributed by atoms with Crippen LogP contribution in [0.3, 0.4) is 0 Å². The SMILES string of the molecule is C=CNc1nc(Cl)[nH]c1C(=C)N(CCCC)CCCCC(C=C)=N/C(=C\C)c1ccccc1. The third-order valence-electron chi connectivity index (χ3n) is 5.32. The number of rotatable bonds is 15. The fourth-order valence-electron chi connectivity index (χ4n) is 3.51. The molecule has 0 saturated heterocycles. The van der Waals surface area contributed by atoms with Gasteiger partial charge in [0.15, 0.2) is 5.82 Å². The lowest BCUT2D eigenvalue weighted by Gasteiger charge is -2.26. The Morgan fingerprint density at radius 1 is 1.18 bits per heavy atom. The number of benzene rings is 1. The Labute approximate surface area is 203 Å². The highest BCUT2D eigenvalue weighted by molar-refractivity contribution is 6.28. The van der Waals surface area contributed by atoms with E-state index in [1.165, 1.54) is 0 Å². The second-order valence-electron chi connectivity index (χ2n) is 7.69. The first-order valence-corrected chi connectivity index (χ1v) is 11.9. The first-order valence-electron chi connectivity index (χ1n) is 11.5. The van der Waals surface area contributed by atoms with Gasteiger partial charge in [0.05, 0.1) is 11.4 Å². The summed E-state index contributed by atoms with van der Waals surface area (Å²) in [5, 5.41) is 3.36. The molecule has 0 atom stereocenters. The van der Waals surface area contributed by atoms with E-state index in [0.717, 1.165) is 73.6 Å². The van der Waals surface area contributed by atoms with Gasteiger partial charge in [0, 0.05) is 18.8 Å². The van der Waals surface area contributed by atoms with Crippen LogP contribution in [0.4, 0.5) is 5.82 Å². The van der Waals surface area contributed by atoms with Crippen LogP contribution < -0.4 is 5.32 Å². The van der Waals surface area contributed by atoms with Gasteiger partial charge in [-0.2, -0.15) is 4.98 Å². The number of halogens is 1. The molecule has 0 radical (unpaired) electrons. The lowest BCUT2D eigenvalue weighted by Crippen LogP contribution is -2.25. The van der Waals surface area contributed by atoms with Gasteiger partial charge in [-0.3, -0.25) is 4.99 Å². The second-order valence-corrected chi connectivity index (χ2v) is 8.05. The lowest BCUT2D eigenvalue weighted by molar-refractivity contribution is 0.377. The molecule has 33 heavy (non-hydrogen) atoms. The number of hydrogen-bond acceptors (Lipinski definition) is 4. The maximum absolute atomic E-state index is 6.10. The van der Waals surface area contributed by atoms with Gasteiger partial charge in [-0.05, 0) is 62.0 Å². The van der Waals surface area contributed by atoms with Crippen molar-refractivity contribution in [3.63, 3.8) is 0 Å². The molecular formula is C27H36ClN5. The van der Waals surface area contributed by atoms with Crippen molar-refractivity contribution in [2.45, 2.75) is 46.0 Å². The molecule has 2 rings (SSSR count). The van der Waals surface area contributed by atoms with Gasteiger partial charge in [-0.15, -0.1) is 0 Å². The van der Waals surface area contributed by atoms with Crippen molar-refractivity contribution in [2.24, 2.45) is 4.99 Å². The Morgan fingerprint density at radius 3 is 2.55 bits per heavy atom. The number of hydrogen-bond donors (Lipinski definition) is 2. The molecule has 0 amide bonds. The molecule has 0 bridgehead atoms. The number of unbranched alkanes of at least 4 members (excludes halogenated alkanes) is 2. The largest absolute Gasteiger partial charge is 0.370 e. The highest BCUT2D eigenvalue weighted by Crippen LogP contribution is 2.26. The van der Waals surface area contributed by atoms with E-state index in [2.05, 4.69) is 59.0 Å². The fraction of sp³-hybridized carbons (Fsp3) is 0.333. The van der Waals surface area contributed by atoms with Crippen LogP contribution in [0.5, 0.6) is 0 Å². The topological polar surface area (TPSA) is 56.3 Å². The monoisotopic (exact) mass is 465 g/mol. The molecule has 0 spiro atoms. The molecule has 2 N–H and O–H groups in total. The van der Waals surface area contributed by atoms with Crippen molar-refractivity contribution in [2.75, 3.05) is 18.4 Å². The van der Waals surface area contributed by atoms with Crippen LogP contribution in [-0.4, -0.2) is 33.7 Å². The Balaban J connectivity index is 2.01. The van der Waals surface area contributed by atoms with Crippen LogP contribution in [0.2, 0.25) is 5.28 Å². The molecule has 0 aliphatic heterocycles. The van der Waals surface area contributed by atoms with E-state index in [1.807, 2.05) is 37.3 Å². The molecule has 0 fully saturated rings. The van der Waals surface area contributed by atoms with E-state index in [9.17, 15) is 0 Å². The quantitative estimate of drug-likeness (QED) is 0.211. The maximum Gasteiger partial charge on any atom is 0.202 e. The number of allylic oxidation sites excluding steroid dienone is 2. The molecular weight excluding hydrogens is 430 g/mol. The van der Waals surface area contributed by atoms with Crippen LogP contribution in [0.25, 0.3) is 11.4 Å². The second kappa shape index (κ2) is 14.2. The van der Waals surface area contributed by atoms with Crippen LogP contribution in [0, 0.1) is 0 Å². The Morgan fingerprint density at radius 2 is 1.91 bits per heavy atom. The van der Waals surface area contributed by atoms with Gasteiger partial charge in [0.25, 0.3) is 0 Å². The number of aromatic nitrogens is 2. The van der Waals surface area contributed by atoms with E-state index < -0.39 is 0 Å². The molecule has 0 aliphatic rings. The van der Waals surface area contributed by atoms with Crippen LogP contribution >= 0.6 is 11.6 Å². The number of aliphatic imine (C=N–C) groups is 1. The van der Waals surface area contributed by atoms with Crippen molar-refractivity contribution in [1.29, 1.82) is 0 Å². The summed E-state index contributed by atoms with van der Waals surface area (Å²) in [6.45, 7) is 18.0. The van der Waals surface area contributed by atoms with E-state index in [0.29, 0.717) is 11.1 Å². The minimum absolute atomic E-state index is 0.330. The first-order chi connectivity index (χ1) is 16.0. The molecule has 5 nitrogen and oxygen atoms in total. The van der Waals surface area contributed by atoms with Gasteiger partial charge >= 0.3 is 0 Å². The molecule has 1 aromatic heterocycles. The molecule has 176 valence electrons. The number of nitrogens with one attached hydrogen (secondary N) is 2. The summed E-state index contributed by atoms with van der Waals surface area (Å²) in [6.07, 6.45) is 10.6. The molecule has 0 saturated carbocycles. The molecule has 2 aromatic rings. The molecule has 1 aromatic carbocycles. The van der Waals surface area contributed by atoms with Gasteiger partial charge in [-0.1, -0.05) is 69.5 Å². The van der Waals surface area contributed by atoms with Gasteiger partial charge in [0.1, 0.15) is 5.69 Å². The van der Waals surface area contributed by atoms with Crippen molar-refractivity contribution < 1.29 is 0 Å². The van der Waals surface area contributed by atoms with Crippen LogP contribution in [0.15, 0.2) is 73.4 Å². The molecule has 6 heteroatoms. The average Bonchev–Trinajstić information content (AvgIpc) is 3.21. The van der Waals surface area contributed by atoms with Gasteiger partial charge in [-0.25, -0.2) is 0 Å². The first kappa shape index (κ1) is 26.2. The zero-order chi connectivity index (χ0) is 24.1. The van der Waals surface area contributed by atoms with Gasteiger partial charge in [0.2, 0.25) is 5.28 Å². The molecule has 0 aliphatic carbocycles. The standard InChI is InChI=1S/C27H36ClN5/c1-6-10-19-33(21(5)25-26(29-9-4)32-27(28)31-25)20-15-14-18-23(7-2)30-24(8-3)22-16-12-11-13-17-22/h7-9,11-13,16-17,29H,2,4-6,10,14-15,18-20H2,1,3H3,(H,31,32)/b24-8-,30-23?. The summed E-state index contributed by atoms with van der Waals surface area (Å²) in [4.78, 5) is 14.5. The van der Waals surface area contributed by atoms with E-state index in [-0.39, 0.29) is 0 Å². The van der Waals surface area contributed by atoms with Crippen molar-refractivity contribution in [3.8, 4) is 0 Å². The number of anilines is 1. The highest BCUT2D eigenvalue weighted by Gasteiger charge is 2.17. The predicted molar refractivity (Wildman–Crippen MR) is 145 cm³/mol. The third-order valence-corrected chi connectivity index (χ3v) is 5.50. The van der Waals surface area contributed by atoms with Gasteiger partial charge < -0.3 is 15.2 Å². The minimum Gasteiger partial charge on any atom is -0.370 e. The van der Waals surface area contributed by atoms with Crippen LogP contribution in [0.1, 0.15) is 57.2 Å². The zero-order valence-electron chi connectivity index (χ0n) is 19.9. The third kappa shape index (κ3) is 8.10. The van der Waals surface area contributed by atoms with E-state index in [1.54, 1.807) is 6.20 Å². The summed E-state index contributed by atoms with van der Waals surface area (Å²) < 4.78 is 0. The number of aromatic amines is 1. The summed E-state index contributed by atoms with van der Waals surface area (Å²) in [7, 11) is 0. The van der Waals surface area contributed by atoms with Crippen molar-refractivity contribution >= 4 is 34.5 Å². The zero-order valence-corrected chi connectivity index (χ0v) is 20.7. The van der Waals surface area contributed by atoms with E-state index >= 15 is 0 Å². The normalized spacial score (nSPS) is 11.8. The minimum atomic E-state index is 0.330. The predicted octanol–water partition coefficient (Wildman–Crippen LogP) is 7.55. The lowest BCUT2D eigenvalue weighted by atomic mass is 10.1. The number of nitrogens with zero attached hydrogens (tertiary/aromatic N) is 3. The van der Waals surface area contributed by atoms with E-state index in [4.69, 9.17) is 16.6 Å². The average molecular weight is 466 g/mol. The number of H-pyrrole nitrogens is 1. The van der Waals surface area contributed by atoms with Crippen molar-refractivity contribution in [1.82, 2.24) is 14.9 Å². The van der Waals surface area contributed by atoms with Crippen molar-refractivity contribution in [3.05, 3.63) is 85.0 Å². The summed E-state index contributed by atoms with van der Waals surface area (Å²) in [5.74, 6) is 0.641. The van der Waals surface area contributed by atoms with Crippen LogP contribution in [-0.2, 0) is 0 Å². The Kier molecular flexibility index (Phi) is 11.3. The highest BCUT2D eigenvalue weighted by atomic mass is 35.5. The fourth-order valence-corrected chi connectivity index (χ4v) is 3.69. The summed E-state index contributed by atoms with van der Waals surface area (Å²) in [6, 6.07) is 10.2. The maximum atomic E-state index is 6.10. The molecule has 0 unspecified atom stereocenters. The Hall–Kier alpha value is -3.05.